The molecule has 0 aromatic heterocycles. The second-order valence-corrected chi connectivity index (χ2v) is 6.84. The molecular weight excluding hydrogens is 471 g/mol. The van der Waals surface area contributed by atoms with Crippen LogP contribution in [0.25, 0.3) is 0 Å². The van der Waals surface area contributed by atoms with E-state index in [1.54, 1.807) is 30.3 Å². The van der Waals surface area contributed by atoms with Crippen molar-refractivity contribution in [2.45, 2.75) is 13.8 Å². The van der Waals surface area contributed by atoms with Crippen molar-refractivity contribution in [2.24, 2.45) is 5.10 Å². The van der Waals surface area contributed by atoms with Gasteiger partial charge >= 0.3 is 0 Å². The fourth-order valence-electron chi connectivity index (χ4n) is 2.00. The molecule has 0 saturated heterocycles. The number of carbonyl (C=O) groups excluding carboxylic acids is 1. The van der Waals surface area contributed by atoms with Gasteiger partial charge in [-0.2, -0.15) is 5.10 Å². The number of rotatable bonds is 7. The lowest BCUT2D eigenvalue weighted by Gasteiger charge is -2.08. The number of carbonyl (C=O) groups is 1. The first-order valence-electron chi connectivity index (χ1n) is 7.77. The molecule has 0 unspecified atom stereocenters. The molecule has 0 fully saturated rings. The predicted molar refractivity (Wildman–Crippen MR) is 109 cm³/mol. The van der Waals surface area contributed by atoms with Crippen molar-refractivity contribution in [3.63, 3.8) is 0 Å². The average Bonchev–Trinajstić information content (AvgIpc) is 2.60. The van der Waals surface area contributed by atoms with E-state index in [1.165, 1.54) is 6.21 Å². The molecule has 2 rings (SSSR count). The van der Waals surface area contributed by atoms with Crippen LogP contribution in [-0.2, 0) is 4.79 Å². The number of aromatic hydroxyl groups is 1. The molecule has 2 aromatic carbocycles. The van der Waals surface area contributed by atoms with Crippen molar-refractivity contribution < 1.29 is 19.4 Å². The minimum absolute atomic E-state index is 0.0836. The van der Waals surface area contributed by atoms with Gasteiger partial charge in [0, 0.05) is 5.02 Å². The maximum absolute atomic E-state index is 11.8. The number of amides is 1. The third-order valence-electron chi connectivity index (χ3n) is 3.25. The first-order chi connectivity index (χ1) is 12.4. The molecule has 0 spiro atoms. The Morgan fingerprint density at radius 3 is 2.81 bits per heavy atom. The van der Waals surface area contributed by atoms with E-state index in [1.807, 2.05) is 36.4 Å². The number of benzene rings is 2. The maximum Gasteiger partial charge on any atom is 0.277 e. The highest BCUT2D eigenvalue weighted by molar-refractivity contribution is 14.1. The van der Waals surface area contributed by atoms with Crippen LogP contribution in [0, 0.1) is 10.5 Å². The minimum atomic E-state index is -0.396. The van der Waals surface area contributed by atoms with Crippen LogP contribution in [0.15, 0.2) is 35.4 Å². The predicted octanol–water partition coefficient (Wildman–Crippen LogP) is 3.89. The lowest BCUT2D eigenvalue weighted by atomic mass is 10.2. The molecule has 2 N–H and O–H groups in total. The van der Waals surface area contributed by atoms with E-state index in [9.17, 15) is 9.90 Å². The highest BCUT2D eigenvalue weighted by Crippen LogP contribution is 2.32. The van der Waals surface area contributed by atoms with E-state index in [4.69, 9.17) is 21.1 Å². The molecular formula is C18H18ClIN2O4. The minimum Gasteiger partial charge on any atom is -0.504 e. The number of ether oxygens (including phenoxy) is 2. The molecule has 138 valence electrons. The summed E-state index contributed by atoms with van der Waals surface area (Å²) >= 11 is 7.94. The molecule has 8 heteroatoms. The second-order valence-electron chi connectivity index (χ2n) is 5.28. The largest absolute Gasteiger partial charge is 0.504 e. The Labute approximate surface area is 170 Å². The summed E-state index contributed by atoms with van der Waals surface area (Å²) in [7, 11) is 0. The number of hydrazone groups is 1. The van der Waals surface area contributed by atoms with Crippen LogP contribution in [0.4, 0.5) is 0 Å². The Balaban J connectivity index is 1.91. The summed E-state index contributed by atoms with van der Waals surface area (Å²) in [5.74, 6) is 0.613. The molecule has 2 aromatic rings. The van der Waals surface area contributed by atoms with Crippen LogP contribution in [0.2, 0.25) is 5.02 Å². The molecule has 0 bridgehead atoms. The maximum atomic E-state index is 11.8. The zero-order valence-electron chi connectivity index (χ0n) is 14.3. The molecule has 0 aliphatic heterocycles. The first kappa shape index (κ1) is 20.3. The van der Waals surface area contributed by atoms with E-state index in [0.29, 0.717) is 32.3 Å². The van der Waals surface area contributed by atoms with Crippen molar-refractivity contribution in [1.29, 1.82) is 0 Å². The molecule has 6 nitrogen and oxygen atoms in total. The van der Waals surface area contributed by atoms with E-state index in [-0.39, 0.29) is 12.4 Å². The molecule has 0 aliphatic rings. The van der Waals surface area contributed by atoms with Gasteiger partial charge in [0.15, 0.2) is 18.1 Å². The Hall–Kier alpha value is -2.00. The fourth-order valence-corrected chi connectivity index (χ4v) is 2.74. The van der Waals surface area contributed by atoms with Crippen LogP contribution in [0.1, 0.15) is 18.1 Å². The van der Waals surface area contributed by atoms with Gasteiger partial charge < -0.3 is 14.6 Å². The number of halogens is 2. The molecule has 0 atom stereocenters. The standard InChI is InChI=1S/C18H18ClIN2O4/c1-3-25-16-8-12(7-15(20)18(16)24)9-21-22-17(23)10-26-13-4-5-14(19)11(2)6-13/h4-9,24H,3,10H2,1-2H3,(H,22,23). The van der Waals surface area contributed by atoms with Crippen molar-refractivity contribution in [2.75, 3.05) is 13.2 Å². The third kappa shape index (κ3) is 5.77. The zero-order valence-corrected chi connectivity index (χ0v) is 17.2. The molecule has 26 heavy (non-hydrogen) atoms. The van der Waals surface area contributed by atoms with Gasteiger partial charge in [0.05, 0.1) is 16.4 Å². The Morgan fingerprint density at radius 1 is 1.35 bits per heavy atom. The summed E-state index contributed by atoms with van der Waals surface area (Å²) in [6, 6.07) is 8.53. The lowest BCUT2D eigenvalue weighted by molar-refractivity contribution is -0.123. The monoisotopic (exact) mass is 488 g/mol. The molecule has 0 saturated carbocycles. The highest BCUT2D eigenvalue weighted by atomic mass is 127. The van der Waals surface area contributed by atoms with E-state index in [2.05, 4.69) is 10.5 Å². The van der Waals surface area contributed by atoms with Crippen molar-refractivity contribution in [3.8, 4) is 17.2 Å². The number of phenols is 1. The SMILES string of the molecule is CCOc1cc(C=NNC(=O)COc2ccc(Cl)c(C)c2)cc(I)c1O. The van der Waals surface area contributed by atoms with Crippen LogP contribution >= 0.6 is 34.2 Å². The summed E-state index contributed by atoms with van der Waals surface area (Å²) in [6.45, 7) is 3.95. The highest BCUT2D eigenvalue weighted by Gasteiger charge is 2.08. The molecule has 0 aliphatic carbocycles. The quantitative estimate of drug-likeness (QED) is 0.352. The smallest absolute Gasteiger partial charge is 0.277 e. The topological polar surface area (TPSA) is 80.2 Å². The van der Waals surface area contributed by atoms with Crippen LogP contribution in [0.3, 0.4) is 0 Å². The van der Waals surface area contributed by atoms with Crippen molar-refractivity contribution in [1.82, 2.24) is 5.43 Å². The summed E-state index contributed by atoms with van der Waals surface area (Å²) < 4.78 is 11.4. The number of nitrogens with zero attached hydrogens (tertiary/aromatic N) is 1. The Morgan fingerprint density at radius 2 is 2.12 bits per heavy atom. The van der Waals surface area contributed by atoms with Gasteiger partial charge in [-0.25, -0.2) is 5.43 Å². The van der Waals surface area contributed by atoms with Gasteiger partial charge in [0.1, 0.15) is 5.75 Å². The van der Waals surface area contributed by atoms with Gasteiger partial charge in [-0.3, -0.25) is 4.79 Å². The van der Waals surface area contributed by atoms with E-state index < -0.39 is 5.91 Å². The van der Waals surface area contributed by atoms with Gasteiger partial charge in [-0.15, -0.1) is 0 Å². The third-order valence-corrected chi connectivity index (χ3v) is 4.50. The number of phenolic OH excluding ortho intramolecular Hbond substituents is 1. The summed E-state index contributed by atoms with van der Waals surface area (Å²) in [5.41, 5.74) is 3.94. The molecule has 0 heterocycles. The van der Waals surface area contributed by atoms with Crippen molar-refractivity contribution >= 4 is 46.3 Å². The Kier molecular flexibility index (Phi) is 7.52. The van der Waals surface area contributed by atoms with Gasteiger partial charge in [0.25, 0.3) is 5.91 Å². The summed E-state index contributed by atoms with van der Waals surface area (Å²) in [5, 5.41) is 14.4. The van der Waals surface area contributed by atoms with Gasteiger partial charge in [-0.05, 0) is 77.9 Å². The number of hydrogen-bond acceptors (Lipinski definition) is 5. The van der Waals surface area contributed by atoms with Crippen molar-refractivity contribution in [3.05, 3.63) is 50.1 Å². The van der Waals surface area contributed by atoms with Crippen LogP contribution < -0.4 is 14.9 Å². The molecule has 0 radical (unpaired) electrons. The molecule has 1 amide bonds. The van der Waals surface area contributed by atoms with Crippen LogP contribution in [0.5, 0.6) is 17.2 Å². The number of hydrogen-bond donors (Lipinski definition) is 2. The fraction of sp³-hybridized carbons (Fsp3) is 0.222. The lowest BCUT2D eigenvalue weighted by Crippen LogP contribution is -2.24. The van der Waals surface area contributed by atoms with Gasteiger partial charge in [-0.1, -0.05) is 11.6 Å². The van der Waals surface area contributed by atoms with Crippen LogP contribution in [-0.4, -0.2) is 30.4 Å². The average molecular weight is 489 g/mol. The van der Waals surface area contributed by atoms with E-state index in [0.717, 1.165) is 5.56 Å². The normalized spacial score (nSPS) is 10.8. The van der Waals surface area contributed by atoms with Gasteiger partial charge in [0.2, 0.25) is 0 Å². The summed E-state index contributed by atoms with van der Waals surface area (Å²) in [4.78, 5) is 11.8. The number of nitrogens with one attached hydrogen (secondary N) is 1. The summed E-state index contributed by atoms with van der Waals surface area (Å²) in [6.07, 6.45) is 1.47. The Bertz CT molecular complexity index is 827. The second kappa shape index (κ2) is 9.63. The van der Waals surface area contributed by atoms with E-state index >= 15 is 0 Å². The number of aryl methyl sites for hydroxylation is 1. The first-order valence-corrected chi connectivity index (χ1v) is 9.22. The zero-order chi connectivity index (χ0) is 19.1.